The first-order valence-corrected chi connectivity index (χ1v) is 9.23. The Bertz CT molecular complexity index is 986. The normalized spacial score (nSPS) is 14.8. The van der Waals surface area contributed by atoms with Crippen LogP contribution in [0.3, 0.4) is 0 Å². The van der Waals surface area contributed by atoms with Gasteiger partial charge in [-0.05, 0) is 68.9 Å². The van der Waals surface area contributed by atoms with Crippen molar-refractivity contribution >= 4 is 27.2 Å². The van der Waals surface area contributed by atoms with E-state index in [9.17, 15) is 4.79 Å². The predicted octanol–water partition coefficient (Wildman–Crippen LogP) is 4.26. The monoisotopic (exact) mass is 339 g/mol. The van der Waals surface area contributed by atoms with Crippen molar-refractivity contribution in [3.05, 3.63) is 55.9 Å². The summed E-state index contributed by atoms with van der Waals surface area (Å²) in [7, 11) is 0. The van der Waals surface area contributed by atoms with Gasteiger partial charge in [-0.3, -0.25) is 4.79 Å². The summed E-state index contributed by atoms with van der Waals surface area (Å²) in [5, 5.41) is 4.20. The van der Waals surface area contributed by atoms with Crippen LogP contribution in [0.15, 0.2) is 23.0 Å². The standard InChI is InChI=1S/C19H21N3OS/c1-10-12(3)24-19-16(10)18(23)21-17(22-19)11(2)20-15-8-7-13-5-4-6-14(13)9-15/h7-9,11,20H,4-6H2,1-3H3,(H,21,22,23)/t11-/m0/s1. The summed E-state index contributed by atoms with van der Waals surface area (Å²) in [5.74, 6) is 0.689. The average molecular weight is 339 g/mol. The third kappa shape index (κ3) is 2.53. The Labute approximate surface area is 145 Å². The van der Waals surface area contributed by atoms with Gasteiger partial charge in [0.1, 0.15) is 10.7 Å². The second-order valence-corrected chi connectivity index (χ2v) is 7.82. The summed E-state index contributed by atoms with van der Waals surface area (Å²) >= 11 is 1.59. The fraction of sp³-hybridized carbons (Fsp3) is 0.368. The van der Waals surface area contributed by atoms with Gasteiger partial charge in [0.25, 0.3) is 5.56 Å². The number of nitrogens with one attached hydrogen (secondary N) is 2. The molecule has 1 aromatic carbocycles. The SMILES string of the molecule is Cc1sc2nc([C@H](C)Nc3ccc4c(c3)CCC4)[nH]c(=O)c2c1C. The number of H-pyrrole nitrogens is 1. The molecule has 0 aliphatic heterocycles. The molecule has 1 aliphatic rings. The molecule has 1 aliphatic carbocycles. The molecule has 0 saturated carbocycles. The van der Waals surface area contributed by atoms with Gasteiger partial charge in [-0.1, -0.05) is 6.07 Å². The van der Waals surface area contributed by atoms with E-state index in [0.717, 1.165) is 32.8 Å². The fourth-order valence-electron chi connectivity index (χ4n) is 3.46. The summed E-state index contributed by atoms with van der Waals surface area (Å²) in [6.45, 7) is 6.05. The molecule has 0 saturated heterocycles. The Kier molecular flexibility index (Phi) is 3.68. The van der Waals surface area contributed by atoms with Crippen LogP contribution in [0.1, 0.15) is 46.8 Å². The van der Waals surface area contributed by atoms with Gasteiger partial charge in [-0.15, -0.1) is 11.3 Å². The first kappa shape index (κ1) is 15.4. The van der Waals surface area contributed by atoms with E-state index in [2.05, 4.69) is 33.5 Å². The van der Waals surface area contributed by atoms with Crippen LogP contribution in [0.25, 0.3) is 10.2 Å². The van der Waals surface area contributed by atoms with Crippen molar-refractivity contribution in [2.24, 2.45) is 0 Å². The smallest absolute Gasteiger partial charge is 0.259 e. The minimum Gasteiger partial charge on any atom is -0.375 e. The molecule has 0 bridgehead atoms. The Morgan fingerprint density at radius 3 is 2.88 bits per heavy atom. The maximum absolute atomic E-state index is 12.4. The van der Waals surface area contributed by atoms with E-state index in [1.54, 1.807) is 11.3 Å². The third-order valence-corrected chi connectivity index (χ3v) is 6.05. The van der Waals surface area contributed by atoms with Gasteiger partial charge in [-0.25, -0.2) is 4.98 Å². The van der Waals surface area contributed by atoms with Crippen molar-refractivity contribution in [1.29, 1.82) is 0 Å². The first-order valence-electron chi connectivity index (χ1n) is 8.41. The Morgan fingerprint density at radius 2 is 2.04 bits per heavy atom. The van der Waals surface area contributed by atoms with Crippen LogP contribution in [0.5, 0.6) is 0 Å². The maximum Gasteiger partial charge on any atom is 0.259 e. The number of aryl methyl sites for hydroxylation is 4. The molecule has 3 aromatic rings. The number of hydrogen-bond acceptors (Lipinski definition) is 4. The van der Waals surface area contributed by atoms with Crippen LogP contribution in [0.4, 0.5) is 5.69 Å². The lowest BCUT2D eigenvalue weighted by atomic mass is 10.1. The van der Waals surface area contributed by atoms with E-state index in [1.807, 2.05) is 20.8 Å². The number of aromatic nitrogens is 2. The molecule has 0 amide bonds. The quantitative estimate of drug-likeness (QED) is 0.749. The average Bonchev–Trinajstić information content (AvgIpc) is 3.12. The lowest BCUT2D eigenvalue weighted by Gasteiger charge is -2.15. The number of anilines is 1. The highest BCUT2D eigenvalue weighted by molar-refractivity contribution is 7.18. The second kappa shape index (κ2) is 5.74. The van der Waals surface area contributed by atoms with E-state index >= 15 is 0 Å². The van der Waals surface area contributed by atoms with Gasteiger partial charge in [0.2, 0.25) is 0 Å². The van der Waals surface area contributed by atoms with Crippen molar-refractivity contribution < 1.29 is 0 Å². The molecule has 0 fully saturated rings. The number of nitrogens with zero attached hydrogens (tertiary/aromatic N) is 1. The lowest BCUT2D eigenvalue weighted by Crippen LogP contribution is -2.17. The zero-order valence-electron chi connectivity index (χ0n) is 14.2. The molecule has 4 rings (SSSR count). The van der Waals surface area contributed by atoms with Crippen LogP contribution < -0.4 is 10.9 Å². The number of rotatable bonds is 3. The fourth-order valence-corrected chi connectivity index (χ4v) is 4.49. The maximum atomic E-state index is 12.4. The van der Waals surface area contributed by atoms with Gasteiger partial charge < -0.3 is 10.3 Å². The number of fused-ring (bicyclic) bond motifs is 2. The highest BCUT2D eigenvalue weighted by atomic mass is 32.1. The van der Waals surface area contributed by atoms with E-state index in [-0.39, 0.29) is 11.6 Å². The number of benzene rings is 1. The largest absolute Gasteiger partial charge is 0.375 e. The molecule has 2 aromatic heterocycles. The summed E-state index contributed by atoms with van der Waals surface area (Å²) < 4.78 is 0. The molecule has 5 heteroatoms. The van der Waals surface area contributed by atoms with Crippen molar-refractivity contribution in [1.82, 2.24) is 9.97 Å². The van der Waals surface area contributed by atoms with Crippen molar-refractivity contribution in [2.45, 2.75) is 46.1 Å². The summed E-state index contributed by atoms with van der Waals surface area (Å²) in [5.41, 5.74) is 4.98. The molecule has 124 valence electrons. The van der Waals surface area contributed by atoms with Gasteiger partial charge in [-0.2, -0.15) is 0 Å². The Hall–Kier alpha value is -2.14. The minimum absolute atomic E-state index is 0.0422. The van der Waals surface area contributed by atoms with Crippen molar-refractivity contribution in [2.75, 3.05) is 5.32 Å². The number of aromatic amines is 1. The van der Waals surface area contributed by atoms with Gasteiger partial charge in [0.15, 0.2) is 0 Å². The molecule has 0 unspecified atom stereocenters. The van der Waals surface area contributed by atoms with Crippen LogP contribution in [-0.2, 0) is 12.8 Å². The molecular formula is C19H21N3OS. The van der Waals surface area contributed by atoms with E-state index in [1.165, 1.54) is 24.0 Å². The third-order valence-electron chi connectivity index (χ3n) is 4.95. The molecule has 2 N–H and O–H groups in total. The predicted molar refractivity (Wildman–Crippen MR) is 100 cm³/mol. The van der Waals surface area contributed by atoms with E-state index in [4.69, 9.17) is 0 Å². The van der Waals surface area contributed by atoms with Crippen molar-refractivity contribution in [3.63, 3.8) is 0 Å². The molecular weight excluding hydrogens is 318 g/mol. The number of hydrogen-bond donors (Lipinski definition) is 2. The highest BCUT2D eigenvalue weighted by Crippen LogP contribution is 2.28. The first-order chi connectivity index (χ1) is 11.5. The second-order valence-electron chi connectivity index (χ2n) is 6.62. The topological polar surface area (TPSA) is 57.8 Å². The van der Waals surface area contributed by atoms with Gasteiger partial charge >= 0.3 is 0 Å². The van der Waals surface area contributed by atoms with Crippen LogP contribution in [-0.4, -0.2) is 9.97 Å². The molecule has 0 spiro atoms. The van der Waals surface area contributed by atoms with Crippen molar-refractivity contribution in [3.8, 4) is 0 Å². The summed E-state index contributed by atoms with van der Waals surface area (Å²) in [6, 6.07) is 6.51. The molecule has 2 heterocycles. The van der Waals surface area contributed by atoms with Crippen LogP contribution in [0, 0.1) is 13.8 Å². The molecule has 24 heavy (non-hydrogen) atoms. The van der Waals surface area contributed by atoms with E-state index in [0.29, 0.717) is 5.82 Å². The van der Waals surface area contributed by atoms with Crippen LogP contribution in [0.2, 0.25) is 0 Å². The number of thiophene rings is 1. The summed E-state index contributed by atoms with van der Waals surface area (Å²) in [6.07, 6.45) is 3.60. The zero-order chi connectivity index (χ0) is 16.8. The lowest BCUT2D eigenvalue weighted by molar-refractivity contribution is 0.792. The minimum atomic E-state index is -0.0516. The molecule has 4 nitrogen and oxygen atoms in total. The van der Waals surface area contributed by atoms with E-state index < -0.39 is 0 Å². The highest BCUT2D eigenvalue weighted by Gasteiger charge is 2.16. The summed E-state index contributed by atoms with van der Waals surface area (Å²) in [4.78, 5) is 22.0. The van der Waals surface area contributed by atoms with Crippen LogP contribution >= 0.6 is 11.3 Å². The Morgan fingerprint density at radius 1 is 1.25 bits per heavy atom. The molecule has 0 radical (unpaired) electrons. The van der Waals surface area contributed by atoms with Gasteiger partial charge in [0.05, 0.1) is 11.4 Å². The zero-order valence-corrected chi connectivity index (χ0v) is 15.0. The van der Waals surface area contributed by atoms with Gasteiger partial charge in [0, 0.05) is 10.6 Å². The molecule has 1 atom stereocenters. The Balaban J connectivity index is 1.66.